The fourth-order valence-electron chi connectivity index (χ4n) is 3.77. The van der Waals surface area contributed by atoms with Crippen molar-refractivity contribution in [2.45, 2.75) is 20.8 Å². The Kier molecular flexibility index (Phi) is 6.89. The lowest BCUT2D eigenvalue weighted by molar-refractivity contribution is -0.120. The summed E-state index contributed by atoms with van der Waals surface area (Å²) in [5.74, 6) is -0.775. The van der Waals surface area contributed by atoms with Gasteiger partial charge in [0, 0.05) is 16.9 Å². The number of aryl methyl sites for hydroxylation is 2. The molecule has 35 heavy (non-hydrogen) atoms. The number of nitrogens with zero attached hydrogens (tertiary/aromatic N) is 1. The van der Waals surface area contributed by atoms with Gasteiger partial charge in [-0.3, -0.25) is 14.4 Å². The molecule has 3 aromatic carbocycles. The SMILES string of the molecule is CCOc1ccc(NC(=O)c2cccc(NC3=C(Cl)C(=O)N(c4ccc(C)cc4C)C3=O)c2)cc1. The topological polar surface area (TPSA) is 87.7 Å². The maximum Gasteiger partial charge on any atom is 0.283 e. The molecule has 1 aliphatic heterocycles. The van der Waals surface area contributed by atoms with E-state index in [1.54, 1.807) is 54.6 Å². The maximum atomic E-state index is 13.1. The van der Waals surface area contributed by atoms with Crippen molar-refractivity contribution in [3.63, 3.8) is 0 Å². The van der Waals surface area contributed by atoms with E-state index in [4.69, 9.17) is 16.3 Å². The Hall–Kier alpha value is -4.10. The number of anilines is 3. The van der Waals surface area contributed by atoms with Crippen LogP contribution in [-0.2, 0) is 9.59 Å². The van der Waals surface area contributed by atoms with Gasteiger partial charge in [0.1, 0.15) is 16.5 Å². The summed E-state index contributed by atoms with van der Waals surface area (Å²) in [6, 6.07) is 19.1. The predicted octanol–water partition coefficient (Wildman–Crippen LogP) is 5.39. The zero-order chi connectivity index (χ0) is 25.1. The van der Waals surface area contributed by atoms with E-state index >= 15 is 0 Å². The van der Waals surface area contributed by atoms with E-state index in [9.17, 15) is 14.4 Å². The third-order valence-corrected chi connectivity index (χ3v) is 5.79. The Morgan fingerprint density at radius 1 is 0.943 bits per heavy atom. The van der Waals surface area contributed by atoms with Crippen molar-refractivity contribution in [2.24, 2.45) is 0 Å². The van der Waals surface area contributed by atoms with E-state index in [-0.39, 0.29) is 16.6 Å². The normalized spacial score (nSPS) is 13.3. The Balaban J connectivity index is 1.51. The van der Waals surface area contributed by atoms with Gasteiger partial charge in [-0.05, 0) is 74.9 Å². The average molecular weight is 490 g/mol. The highest BCUT2D eigenvalue weighted by atomic mass is 35.5. The summed E-state index contributed by atoms with van der Waals surface area (Å²) in [6.07, 6.45) is 0. The Morgan fingerprint density at radius 2 is 1.69 bits per heavy atom. The minimum absolute atomic E-state index is 0.0410. The highest BCUT2D eigenvalue weighted by Crippen LogP contribution is 2.32. The number of hydrogen-bond donors (Lipinski definition) is 2. The molecule has 0 saturated heterocycles. The number of ether oxygens (including phenoxy) is 1. The molecule has 1 heterocycles. The van der Waals surface area contributed by atoms with Crippen LogP contribution in [0.25, 0.3) is 0 Å². The molecule has 0 saturated carbocycles. The molecule has 0 fully saturated rings. The van der Waals surface area contributed by atoms with Gasteiger partial charge < -0.3 is 15.4 Å². The monoisotopic (exact) mass is 489 g/mol. The molecule has 0 spiro atoms. The molecule has 3 aromatic rings. The lowest BCUT2D eigenvalue weighted by Gasteiger charge is -2.18. The lowest BCUT2D eigenvalue weighted by Crippen LogP contribution is -2.32. The van der Waals surface area contributed by atoms with Crippen LogP contribution < -0.4 is 20.3 Å². The van der Waals surface area contributed by atoms with Crippen LogP contribution in [0.15, 0.2) is 77.5 Å². The first-order valence-corrected chi connectivity index (χ1v) is 11.4. The summed E-state index contributed by atoms with van der Waals surface area (Å²) >= 11 is 6.26. The van der Waals surface area contributed by atoms with E-state index in [0.29, 0.717) is 35.0 Å². The van der Waals surface area contributed by atoms with Gasteiger partial charge in [-0.15, -0.1) is 0 Å². The quantitative estimate of drug-likeness (QED) is 0.434. The number of rotatable bonds is 7. The molecule has 0 unspecified atom stereocenters. The standard InChI is InChI=1S/C27H24ClN3O4/c1-4-35-21-11-9-19(10-12-21)30-25(32)18-6-5-7-20(15-18)29-24-23(28)26(33)31(27(24)34)22-13-8-16(2)14-17(22)3/h5-15,29H,4H2,1-3H3,(H,30,32). The number of imide groups is 1. The van der Waals surface area contributed by atoms with Crippen molar-refractivity contribution in [1.82, 2.24) is 0 Å². The Bertz CT molecular complexity index is 1350. The van der Waals surface area contributed by atoms with Gasteiger partial charge in [0.2, 0.25) is 0 Å². The molecule has 178 valence electrons. The van der Waals surface area contributed by atoms with Crippen molar-refractivity contribution in [3.05, 3.63) is 94.1 Å². The van der Waals surface area contributed by atoms with Gasteiger partial charge in [0.25, 0.3) is 17.7 Å². The Labute approximate surface area is 208 Å². The summed E-state index contributed by atoms with van der Waals surface area (Å²) in [4.78, 5) is 39.7. The number of halogens is 1. The average Bonchev–Trinajstić information content (AvgIpc) is 3.04. The summed E-state index contributed by atoms with van der Waals surface area (Å²) in [5.41, 5.74) is 3.66. The molecule has 7 nitrogen and oxygen atoms in total. The first kappa shape index (κ1) is 24.0. The third kappa shape index (κ3) is 5.05. The largest absolute Gasteiger partial charge is 0.494 e. The van der Waals surface area contributed by atoms with E-state index < -0.39 is 11.8 Å². The highest BCUT2D eigenvalue weighted by Gasteiger charge is 2.39. The van der Waals surface area contributed by atoms with Crippen LogP contribution in [0.3, 0.4) is 0 Å². The van der Waals surface area contributed by atoms with Crippen LogP contribution >= 0.6 is 11.6 Å². The molecule has 2 N–H and O–H groups in total. The van der Waals surface area contributed by atoms with Gasteiger partial charge >= 0.3 is 0 Å². The molecule has 0 aliphatic carbocycles. The van der Waals surface area contributed by atoms with Crippen LogP contribution in [-0.4, -0.2) is 24.3 Å². The highest BCUT2D eigenvalue weighted by molar-refractivity contribution is 6.53. The van der Waals surface area contributed by atoms with E-state index in [1.807, 2.05) is 32.9 Å². The van der Waals surface area contributed by atoms with Crippen molar-refractivity contribution >= 4 is 46.4 Å². The molecule has 4 rings (SSSR count). The maximum absolute atomic E-state index is 13.1. The molecule has 0 radical (unpaired) electrons. The van der Waals surface area contributed by atoms with Gasteiger partial charge in [-0.25, -0.2) is 4.90 Å². The second-order valence-electron chi connectivity index (χ2n) is 8.04. The molecule has 0 aromatic heterocycles. The minimum atomic E-state index is -0.601. The second kappa shape index (κ2) is 10.0. The third-order valence-electron chi connectivity index (χ3n) is 5.44. The van der Waals surface area contributed by atoms with E-state index in [2.05, 4.69) is 10.6 Å². The van der Waals surface area contributed by atoms with Crippen LogP contribution in [0.2, 0.25) is 0 Å². The summed E-state index contributed by atoms with van der Waals surface area (Å²) < 4.78 is 5.41. The van der Waals surface area contributed by atoms with E-state index in [0.717, 1.165) is 16.0 Å². The fraction of sp³-hybridized carbons (Fsp3) is 0.148. The number of nitrogens with one attached hydrogen (secondary N) is 2. The molecular formula is C27H24ClN3O4. The molecular weight excluding hydrogens is 466 g/mol. The molecule has 0 atom stereocenters. The van der Waals surface area contributed by atoms with Gasteiger partial charge in [0.15, 0.2) is 0 Å². The van der Waals surface area contributed by atoms with Gasteiger partial charge in [-0.2, -0.15) is 0 Å². The number of carbonyl (C=O) groups is 3. The Morgan fingerprint density at radius 3 is 2.37 bits per heavy atom. The number of amides is 3. The lowest BCUT2D eigenvalue weighted by atomic mass is 10.1. The minimum Gasteiger partial charge on any atom is -0.494 e. The van der Waals surface area contributed by atoms with Gasteiger partial charge in [-0.1, -0.05) is 35.4 Å². The predicted molar refractivity (Wildman–Crippen MR) is 137 cm³/mol. The molecule has 8 heteroatoms. The zero-order valence-corrected chi connectivity index (χ0v) is 20.3. The van der Waals surface area contributed by atoms with Gasteiger partial charge in [0.05, 0.1) is 12.3 Å². The first-order valence-electron chi connectivity index (χ1n) is 11.1. The van der Waals surface area contributed by atoms with Crippen LogP contribution in [0.5, 0.6) is 5.75 Å². The second-order valence-corrected chi connectivity index (χ2v) is 8.42. The smallest absolute Gasteiger partial charge is 0.283 e. The summed E-state index contributed by atoms with van der Waals surface area (Å²) in [7, 11) is 0. The fourth-order valence-corrected chi connectivity index (χ4v) is 3.99. The van der Waals surface area contributed by atoms with Crippen LogP contribution in [0, 0.1) is 13.8 Å². The number of benzene rings is 3. The van der Waals surface area contributed by atoms with Crippen LogP contribution in [0.4, 0.5) is 17.1 Å². The molecule has 1 aliphatic rings. The van der Waals surface area contributed by atoms with Crippen molar-refractivity contribution in [1.29, 1.82) is 0 Å². The molecule has 0 bridgehead atoms. The zero-order valence-electron chi connectivity index (χ0n) is 19.5. The van der Waals surface area contributed by atoms with E-state index in [1.165, 1.54) is 0 Å². The first-order chi connectivity index (χ1) is 16.8. The molecule has 3 amide bonds. The number of carbonyl (C=O) groups excluding carboxylic acids is 3. The summed E-state index contributed by atoms with van der Waals surface area (Å²) in [6.45, 7) is 6.22. The summed E-state index contributed by atoms with van der Waals surface area (Å²) in [5, 5.41) is 5.53. The van der Waals surface area contributed by atoms with Crippen molar-refractivity contribution in [2.75, 3.05) is 22.1 Å². The van der Waals surface area contributed by atoms with Crippen LogP contribution in [0.1, 0.15) is 28.4 Å². The van der Waals surface area contributed by atoms with Crippen molar-refractivity contribution < 1.29 is 19.1 Å². The van der Waals surface area contributed by atoms with Crippen molar-refractivity contribution in [3.8, 4) is 5.75 Å². The number of hydrogen-bond acceptors (Lipinski definition) is 5.